The third-order valence-electron chi connectivity index (χ3n) is 3.78. The molecule has 1 aromatic carbocycles. The van der Waals surface area contributed by atoms with Crippen LogP contribution in [0, 0.1) is 12.7 Å². The van der Waals surface area contributed by atoms with Gasteiger partial charge < -0.3 is 19.8 Å². The maximum absolute atomic E-state index is 13.7. The van der Waals surface area contributed by atoms with Gasteiger partial charge in [-0.2, -0.15) is 0 Å². The van der Waals surface area contributed by atoms with Crippen molar-refractivity contribution in [2.45, 2.75) is 39.0 Å². The molecule has 1 fully saturated rings. The van der Waals surface area contributed by atoms with E-state index in [4.69, 9.17) is 4.74 Å². The normalized spacial score (nSPS) is 24.8. The Hall–Kier alpha value is -1.17. The first-order valence-electron chi connectivity index (χ1n) is 6.91. The van der Waals surface area contributed by atoms with E-state index in [-0.39, 0.29) is 24.6 Å². The number of hydrogen-bond donors (Lipinski definition) is 2. The Morgan fingerprint density at radius 3 is 2.80 bits per heavy atom. The lowest BCUT2D eigenvalue weighted by molar-refractivity contribution is -0.0104. The molecule has 0 radical (unpaired) electrons. The Morgan fingerprint density at radius 2 is 2.20 bits per heavy atom. The number of hydrogen-bond acceptors (Lipinski definition) is 4. The molecule has 2 N–H and O–H groups in total. The van der Waals surface area contributed by atoms with Crippen molar-refractivity contribution in [2.75, 3.05) is 24.7 Å². The lowest BCUT2D eigenvalue weighted by Gasteiger charge is -2.40. The Labute approximate surface area is 118 Å². The first kappa shape index (κ1) is 15.2. The standard InChI is InChI=1S/C15H22FNO3/c1-9-4-15(13(11(3)19)5-14(9)16)17-6-12(7-18)20-8-10(17)2/h4-5,10-12,18-19H,6-8H2,1-3H3/t10?,11-,12?/m0/s1. The summed E-state index contributed by atoms with van der Waals surface area (Å²) in [4.78, 5) is 2.07. The average Bonchev–Trinajstić information content (AvgIpc) is 2.42. The van der Waals surface area contributed by atoms with E-state index in [0.717, 1.165) is 5.69 Å². The van der Waals surface area contributed by atoms with Crippen LogP contribution in [-0.2, 0) is 4.74 Å². The zero-order valence-corrected chi connectivity index (χ0v) is 12.1. The van der Waals surface area contributed by atoms with Crippen LogP contribution in [0.5, 0.6) is 0 Å². The fourth-order valence-electron chi connectivity index (χ4n) is 2.53. The van der Waals surface area contributed by atoms with E-state index >= 15 is 0 Å². The molecule has 0 saturated carbocycles. The van der Waals surface area contributed by atoms with Gasteiger partial charge in [-0.1, -0.05) is 0 Å². The van der Waals surface area contributed by atoms with Gasteiger partial charge in [0.05, 0.1) is 25.4 Å². The number of aryl methyl sites for hydroxylation is 1. The summed E-state index contributed by atoms with van der Waals surface area (Å²) < 4.78 is 19.2. The summed E-state index contributed by atoms with van der Waals surface area (Å²) in [6.45, 7) is 6.33. The fourth-order valence-corrected chi connectivity index (χ4v) is 2.53. The lowest BCUT2D eigenvalue weighted by atomic mass is 10.0. The Morgan fingerprint density at radius 1 is 1.50 bits per heavy atom. The summed E-state index contributed by atoms with van der Waals surface area (Å²) in [5.74, 6) is -0.315. The molecule has 112 valence electrons. The van der Waals surface area contributed by atoms with Crippen LogP contribution < -0.4 is 4.90 Å². The lowest BCUT2D eigenvalue weighted by Crippen LogP contribution is -2.50. The molecule has 5 heteroatoms. The molecule has 1 aromatic rings. The van der Waals surface area contributed by atoms with Crippen molar-refractivity contribution in [3.05, 3.63) is 29.1 Å². The predicted molar refractivity (Wildman–Crippen MR) is 75.4 cm³/mol. The van der Waals surface area contributed by atoms with Crippen molar-refractivity contribution < 1.29 is 19.3 Å². The van der Waals surface area contributed by atoms with E-state index in [1.54, 1.807) is 19.9 Å². The molecule has 20 heavy (non-hydrogen) atoms. The first-order chi connectivity index (χ1) is 9.43. The minimum absolute atomic E-state index is 0.0482. The van der Waals surface area contributed by atoms with Crippen molar-refractivity contribution in [1.29, 1.82) is 0 Å². The zero-order chi connectivity index (χ0) is 14.9. The van der Waals surface area contributed by atoms with Crippen molar-refractivity contribution in [3.8, 4) is 0 Å². The number of nitrogens with zero attached hydrogens (tertiary/aromatic N) is 1. The van der Waals surface area contributed by atoms with Crippen molar-refractivity contribution >= 4 is 5.69 Å². The summed E-state index contributed by atoms with van der Waals surface area (Å²) in [7, 11) is 0. The molecule has 0 aromatic heterocycles. The van der Waals surface area contributed by atoms with Gasteiger partial charge in [0.2, 0.25) is 0 Å². The summed E-state index contributed by atoms with van der Waals surface area (Å²) in [5, 5.41) is 19.1. The number of ether oxygens (including phenoxy) is 1. The van der Waals surface area contributed by atoms with Gasteiger partial charge in [0, 0.05) is 23.8 Å². The van der Waals surface area contributed by atoms with Crippen LogP contribution in [-0.4, -0.2) is 42.1 Å². The summed E-state index contributed by atoms with van der Waals surface area (Å²) in [6.07, 6.45) is -0.999. The summed E-state index contributed by atoms with van der Waals surface area (Å²) >= 11 is 0. The van der Waals surface area contributed by atoms with Crippen molar-refractivity contribution in [3.63, 3.8) is 0 Å². The second-order valence-corrected chi connectivity index (χ2v) is 5.48. The molecule has 0 aliphatic carbocycles. The van der Waals surface area contributed by atoms with Gasteiger partial charge in [0.15, 0.2) is 0 Å². The molecule has 1 aliphatic heterocycles. The van der Waals surface area contributed by atoms with E-state index in [1.807, 2.05) is 6.92 Å². The highest BCUT2D eigenvalue weighted by atomic mass is 19.1. The van der Waals surface area contributed by atoms with Crippen LogP contribution >= 0.6 is 0 Å². The maximum atomic E-state index is 13.7. The van der Waals surface area contributed by atoms with Gasteiger partial charge in [-0.25, -0.2) is 4.39 Å². The molecular weight excluding hydrogens is 261 g/mol. The maximum Gasteiger partial charge on any atom is 0.126 e. The Bertz CT molecular complexity index is 478. The zero-order valence-electron chi connectivity index (χ0n) is 12.1. The van der Waals surface area contributed by atoms with E-state index in [1.165, 1.54) is 6.07 Å². The molecule has 2 rings (SSSR count). The van der Waals surface area contributed by atoms with Gasteiger partial charge in [-0.15, -0.1) is 0 Å². The summed E-state index contributed by atoms with van der Waals surface area (Å²) in [6, 6.07) is 3.26. The second-order valence-electron chi connectivity index (χ2n) is 5.48. The van der Waals surface area contributed by atoms with Crippen LogP contribution in [0.15, 0.2) is 12.1 Å². The van der Waals surface area contributed by atoms with Gasteiger partial charge in [0.1, 0.15) is 5.82 Å². The highest BCUT2D eigenvalue weighted by Gasteiger charge is 2.28. The van der Waals surface area contributed by atoms with Crippen LogP contribution in [0.3, 0.4) is 0 Å². The molecule has 3 atom stereocenters. The molecule has 2 unspecified atom stereocenters. The van der Waals surface area contributed by atoms with E-state index in [2.05, 4.69) is 4.90 Å². The molecule has 0 bridgehead atoms. The SMILES string of the molecule is Cc1cc(N2CC(CO)OCC2C)c([C@H](C)O)cc1F. The Kier molecular flexibility index (Phi) is 4.62. The quantitative estimate of drug-likeness (QED) is 0.888. The summed E-state index contributed by atoms with van der Waals surface area (Å²) in [5.41, 5.74) is 1.93. The number of aliphatic hydroxyl groups is 2. The largest absolute Gasteiger partial charge is 0.394 e. The predicted octanol–water partition coefficient (Wildman–Crippen LogP) is 1.77. The topological polar surface area (TPSA) is 52.9 Å². The van der Waals surface area contributed by atoms with Crippen molar-refractivity contribution in [1.82, 2.24) is 0 Å². The highest BCUT2D eigenvalue weighted by molar-refractivity contribution is 5.57. The third kappa shape index (κ3) is 2.95. The fraction of sp³-hybridized carbons (Fsp3) is 0.600. The molecule has 4 nitrogen and oxygen atoms in total. The minimum atomic E-state index is -0.747. The number of rotatable bonds is 3. The molecular formula is C15H22FNO3. The van der Waals surface area contributed by atoms with Gasteiger partial charge in [-0.05, 0) is 38.5 Å². The number of benzene rings is 1. The van der Waals surface area contributed by atoms with Crippen LogP contribution in [0.25, 0.3) is 0 Å². The molecule has 1 heterocycles. The van der Waals surface area contributed by atoms with Crippen LogP contribution in [0.4, 0.5) is 10.1 Å². The van der Waals surface area contributed by atoms with E-state index < -0.39 is 6.10 Å². The average molecular weight is 283 g/mol. The smallest absolute Gasteiger partial charge is 0.126 e. The molecule has 1 aliphatic rings. The third-order valence-corrected chi connectivity index (χ3v) is 3.78. The second kappa shape index (κ2) is 6.08. The molecule has 0 amide bonds. The first-order valence-corrected chi connectivity index (χ1v) is 6.91. The van der Waals surface area contributed by atoms with Crippen LogP contribution in [0.1, 0.15) is 31.1 Å². The number of morpholine rings is 1. The molecule has 0 spiro atoms. The molecule has 1 saturated heterocycles. The van der Waals surface area contributed by atoms with Gasteiger partial charge in [-0.3, -0.25) is 0 Å². The van der Waals surface area contributed by atoms with E-state index in [9.17, 15) is 14.6 Å². The minimum Gasteiger partial charge on any atom is -0.394 e. The van der Waals surface area contributed by atoms with Crippen LogP contribution in [0.2, 0.25) is 0 Å². The van der Waals surface area contributed by atoms with E-state index in [0.29, 0.717) is 24.3 Å². The van der Waals surface area contributed by atoms with Crippen molar-refractivity contribution in [2.24, 2.45) is 0 Å². The van der Waals surface area contributed by atoms with Gasteiger partial charge >= 0.3 is 0 Å². The highest BCUT2D eigenvalue weighted by Crippen LogP contribution is 2.32. The number of anilines is 1. The monoisotopic (exact) mass is 283 g/mol. The Balaban J connectivity index is 2.41. The number of halogens is 1. The van der Waals surface area contributed by atoms with Gasteiger partial charge in [0.25, 0.3) is 0 Å². The number of aliphatic hydroxyl groups excluding tert-OH is 2.